The van der Waals surface area contributed by atoms with Crippen molar-refractivity contribution in [2.24, 2.45) is 5.73 Å². The fourth-order valence-corrected chi connectivity index (χ4v) is 4.07. The number of nitrogens with zero attached hydrogens (tertiary/aromatic N) is 1. The Morgan fingerprint density at radius 2 is 1.81 bits per heavy atom. The molecule has 1 heterocycles. The van der Waals surface area contributed by atoms with Gasteiger partial charge in [-0.2, -0.15) is 4.31 Å². The van der Waals surface area contributed by atoms with E-state index in [9.17, 15) is 18.0 Å². The van der Waals surface area contributed by atoms with Crippen molar-refractivity contribution >= 4 is 22.3 Å². The van der Waals surface area contributed by atoms with E-state index in [1.165, 1.54) is 28.6 Å². The maximum atomic E-state index is 12.8. The van der Waals surface area contributed by atoms with E-state index in [0.29, 0.717) is 12.8 Å². The molecule has 27 heavy (non-hydrogen) atoms. The second-order valence-corrected chi connectivity index (χ2v) is 9.02. The summed E-state index contributed by atoms with van der Waals surface area (Å²) in [6, 6.07) is 5.64. The van der Waals surface area contributed by atoms with Gasteiger partial charge in [0.2, 0.25) is 10.0 Å². The molecule has 0 aliphatic carbocycles. The maximum absolute atomic E-state index is 12.8. The van der Waals surface area contributed by atoms with Crippen LogP contribution in [0, 0.1) is 0 Å². The number of nitrogens with two attached hydrogens (primary N) is 1. The van der Waals surface area contributed by atoms with Crippen molar-refractivity contribution < 1.29 is 32.2 Å². The topological polar surface area (TPSA) is 125 Å². The Kier molecular flexibility index (Phi) is 6.32. The molecule has 9 nitrogen and oxygen atoms in total. The molecule has 1 amide bonds. The minimum atomic E-state index is -3.78. The van der Waals surface area contributed by atoms with Crippen LogP contribution in [0.5, 0.6) is 5.75 Å². The molecule has 0 saturated carbocycles. The molecule has 0 unspecified atom stereocenters. The SMILES string of the molecule is CC(C)(C)OC(=O)Oc1cccc(S(=O)(=O)N2CCC(OC(N)=O)CC2)c1. The molecule has 10 heteroatoms. The predicted molar refractivity (Wildman–Crippen MR) is 95.8 cm³/mol. The van der Waals surface area contributed by atoms with E-state index < -0.39 is 34.0 Å². The van der Waals surface area contributed by atoms with Gasteiger partial charge in [-0.15, -0.1) is 0 Å². The fourth-order valence-electron chi connectivity index (χ4n) is 2.57. The van der Waals surface area contributed by atoms with Crippen molar-refractivity contribution in [1.29, 1.82) is 0 Å². The first kappa shape index (κ1) is 21.0. The van der Waals surface area contributed by atoms with Gasteiger partial charge < -0.3 is 19.9 Å². The highest BCUT2D eigenvalue weighted by atomic mass is 32.2. The molecule has 1 aromatic rings. The smallest absolute Gasteiger partial charge is 0.446 e. The summed E-state index contributed by atoms with van der Waals surface area (Å²) in [5.41, 5.74) is 4.26. The largest absolute Gasteiger partial charge is 0.514 e. The van der Waals surface area contributed by atoms with Gasteiger partial charge >= 0.3 is 12.2 Å². The summed E-state index contributed by atoms with van der Waals surface area (Å²) in [7, 11) is -3.78. The van der Waals surface area contributed by atoms with Crippen LogP contribution in [0.2, 0.25) is 0 Å². The highest BCUT2D eigenvalue weighted by molar-refractivity contribution is 7.89. The van der Waals surface area contributed by atoms with Crippen LogP contribution >= 0.6 is 0 Å². The van der Waals surface area contributed by atoms with E-state index in [-0.39, 0.29) is 23.7 Å². The van der Waals surface area contributed by atoms with Crippen molar-refractivity contribution in [3.63, 3.8) is 0 Å². The quantitative estimate of drug-likeness (QED) is 0.607. The van der Waals surface area contributed by atoms with E-state index in [0.717, 1.165) is 0 Å². The number of sulfonamides is 1. The van der Waals surface area contributed by atoms with Crippen LogP contribution in [0.4, 0.5) is 9.59 Å². The Morgan fingerprint density at radius 3 is 2.37 bits per heavy atom. The first-order valence-electron chi connectivity index (χ1n) is 8.44. The summed E-state index contributed by atoms with van der Waals surface area (Å²) in [6.07, 6.45) is -1.47. The molecule has 2 rings (SSSR count). The van der Waals surface area contributed by atoms with E-state index in [2.05, 4.69) is 0 Å². The lowest BCUT2D eigenvalue weighted by molar-refractivity contribution is 0.0205. The van der Waals surface area contributed by atoms with Crippen molar-refractivity contribution in [2.75, 3.05) is 13.1 Å². The molecule has 0 atom stereocenters. The van der Waals surface area contributed by atoms with Gasteiger partial charge in [0, 0.05) is 19.2 Å². The number of hydrogen-bond donors (Lipinski definition) is 1. The van der Waals surface area contributed by atoms with Crippen molar-refractivity contribution in [3.05, 3.63) is 24.3 Å². The lowest BCUT2D eigenvalue weighted by atomic mass is 10.1. The minimum Gasteiger partial charge on any atom is -0.446 e. The molecule has 1 aromatic carbocycles. The van der Waals surface area contributed by atoms with E-state index in [1.807, 2.05) is 0 Å². The predicted octanol–water partition coefficient (Wildman–Crippen LogP) is 2.25. The van der Waals surface area contributed by atoms with Gasteiger partial charge in [0.1, 0.15) is 17.5 Å². The van der Waals surface area contributed by atoms with Crippen LogP contribution in [0.15, 0.2) is 29.2 Å². The summed E-state index contributed by atoms with van der Waals surface area (Å²) < 4.78 is 41.9. The molecule has 0 bridgehead atoms. The van der Waals surface area contributed by atoms with Gasteiger partial charge in [-0.25, -0.2) is 18.0 Å². The third-order valence-electron chi connectivity index (χ3n) is 3.72. The minimum absolute atomic E-state index is 0.00201. The van der Waals surface area contributed by atoms with Crippen molar-refractivity contribution in [2.45, 2.75) is 50.2 Å². The molecule has 1 saturated heterocycles. The average molecular weight is 400 g/mol. The highest BCUT2D eigenvalue weighted by Gasteiger charge is 2.31. The van der Waals surface area contributed by atoms with Crippen LogP contribution in [0.3, 0.4) is 0 Å². The number of benzene rings is 1. The molecule has 150 valence electrons. The molecule has 0 spiro atoms. The van der Waals surface area contributed by atoms with E-state index in [1.54, 1.807) is 20.8 Å². The van der Waals surface area contributed by atoms with Crippen LogP contribution in [0.1, 0.15) is 33.6 Å². The zero-order valence-corrected chi connectivity index (χ0v) is 16.3. The number of amides is 1. The third kappa shape index (κ3) is 6.10. The first-order chi connectivity index (χ1) is 12.5. The Hall–Kier alpha value is -2.33. The summed E-state index contributed by atoms with van der Waals surface area (Å²) in [5.74, 6) is 0.0669. The fraction of sp³-hybridized carbons (Fsp3) is 0.529. The normalized spacial score (nSPS) is 16.6. The number of hydrogen-bond acceptors (Lipinski definition) is 7. The lowest BCUT2D eigenvalue weighted by Crippen LogP contribution is -2.41. The molecule has 0 radical (unpaired) electrons. The van der Waals surface area contributed by atoms with Gasteiger partial charge in [0.25, 0.3) is 0 Å². The summed E-state index contributed by atoms with van der Waals surface area (Å²) >= 11 is 0. The highest BCUT2D eigenvalue weighted by Crippen LogP contribution is 2.25. The summed E-state index contributed by atoms with van der Waals surface area (Å²) in [4.78, 5) is 22.6. The number of ether oxygens (including phenoxy) is 3. The maximum Gasteiger partial charge on any atom is 0.514 e. The second-order valence-electron chi connectivity index (χ2n) is 7.08. The zero-order chi connectivity index (χ0) is 20.2. The number of primary amides is 1. The van der Waals surface area contributed by atoms with Crippen molar-refractivity contribution in [1.82, 2.24) is 4.31 Å². The van der Waals surface area contributed by atoms with Gasteiger partial charge in [0.15, 0.2) is 0 Å². The van der Waals surface area contributed by atoms with Crippen LogP contribution < -0.4 is 10.5 Å². The number of carbonyl (C=O) groups excluding carboxylic acids is 2. The standard InChI is InChI=1S/C17H24N2O7S/c1-17(2,3)26-16(21)25-13-5-4-6-14(11-13)27(22,23)19-9-7-12(8-10-19)24-15(18)20/h4-6,11-12H,7-10H2,1-3H3,(H2,18,20). The number of rotatable bonds is 4. The molecular weight excluding hydrogens is 376 g/mol. The average Bonchev–Trinajstić information content (AvgIpc) is 2.53. The molecule has 1 aliphatic rings. The Bertz CT molecular complexity index is 794. The molecule has 1 fully saturated rings. The van der Waals surface area contributed by atoms with Gasteiger partial charge in [-0.1, -0.05) is 6.07 Å². The van der Waals surface area contributed by atoms with Gasteiger partial charge in [0.05, 0.1) is 4.90 Å². The Labute approximate surface area is 158 Å². The first-order valence-corrected chi connectivity index (χ1v) is 9.88. The summed E-state index contributed by atoms with van der Waals surface area (Å²) in [5, 5.41) is 0. The van der Waals surface area contributed by atoms with E-state index >= 15 is 0 Å². The third-order valence-corrected chi connectivity index (χ3v) is 5.61. The number of carbonyl (C=O) groups is 2. The van der Waals surface area contributed by atoms with Crippen LogP contribution in [-0.4, -0.2) is 49.8 Å². The summed E-state index contributed by atoms with van der Waals surface area (Å²) in [6.45, 7) is 5.47. The molecular formula is C17H24N2O7S. The van der Waals surface area contributed by atoms with E-state index in [4.69, 9.17) is 19.9 Å². The monoisotopic (exact) mass is 400 g/mol. The molecule has 0 aromatic heterocycles. The Balaban J connectivity index is 2.07. The van der Waals surface area contributed by atoms with Gasteiger partial charge in [-0.05, 0) is 45.7 Å². The second kappa shape index (κ2) is 8.13. The van der Waals surface area contributed by atoms with Crippen molar-refractivity contribution in [3.8, 4) is 5.75 Å². The lowest BCUT2D eigenvalue weighted by Gasteiger charge is -2.30. The Morgan fingerprint density at radius 1 is 1.19 bits per heavy atom. The van der Waals surface area contributed by atoms with Gasteiger partial charge in [-0.3, -0.25) is 0 Å². The van der Waals surface area contributed by atoms with Crippen LogP contribution in [0.25, 0.3) is 0 Å². The zero-order valence-electron chi connectivity index (χ0n) is 15.5. The number of piperidine rings is 1. The molecule has 1 aliphatic heterocycles. The molecule has 2 N–H and O–H groups in total. The van der Waals surface area contributed by atoms with Crippen LogP contribution in [-0.2, 0) is 19.5 Å².